The molecule has 2 atom stereocenters. The van der Waals surface area contributed by atoms with Crippen LogP contribution in [-0.2, 0) is 19.6 Å². The summed E-state index contributed by atoms with van der Waals surface area (Å²) in [4.78, 5) is 25.2. The average Bonchev–Trinajstić information content (AvgIpc) is 2.80. The van der Waals surface area contributed by atoms with Gasteiger partial charge in [0, 0.05) is 24.8 Å². The molecule has 2 heterocycles. The molecule has 34 heavy (non-hydrogen) atoms. The van der Waals surface area contributed by atoms with Crippen LogP contribution < -0.4 is 15.4 Å². The molecule has 8 nitrogen and oxygen atoms in total. The third kappa shape index (κ3) is 4.67. The van der Waals surface area contributed by atoms with E-state index >= 15 is 0 Å². The van der Waals surface area contributed by atoms with Crippen molar-refractivity contribution in [1.82, 2.24) is 4.31 Å². The second kappa shape index (κ2) is 9.38. The molecule has 9 heteroatoms. The SMILES string of the molecule is CCC1Oc2cc(S(=O)(=O)N3CCCC(C(=O)Nc4cc(C)ccc4C)C3)c(C)cc2NC1=O. The van der Waals surface area contributed by atoms with Crippen LogP contribution in [0.2, 0.25) is 0 Å². The van der Waals surface area contributed by atoms with Crippen molar-refractivity contribution in [2.75, 3.05) is 23.7 Å². The molecule has 0 aliphatic carbocycles. The Hall–Kier alpha value is -2.91. The molecule has 0 radical (unpaired) electrons. The summed E-state index contributed by atoms with van der Waals surface area (Å²) in [6.45, 7) is 7.88. The highest BCUT2D eigenvalue weighted by atomic mass is 32.2. The summed E-state index contributed by atoms with van der Waals surface area (Å²) in [5.41, 5.74) is 3.73. The van der Waals surface area contributed by atoms with Gasteiger partial charge in [0.25, 0.3) is 5.91 Å². The van der Waals surface area contributed by atoms with Crippen LogP contribution in [0.5, 0.6) is 5.75 Å². The fourth-order valence-electron chi connectivity index (χ4n) is 4.45. The van der Waals surface area contributed by atoms with Crippen molar-refractivity contribution in [3.63, 3.8) is 0 Å². The number of sulfonamides is 1. The van der Waals surface area contributed by atoms with E-state index in [9.17, 15) is 18.0 Å². The number of rotatable bonds is 5. The van der Waals surface area contributed by atoms with E-state index in [-0.39, 0.29) is 23.3 Å². The number of carbonyl (C=O) groups is 2. The zero-order valence-electron chi connectivity index (χ0n) is 20.0. The Bertz CT molecular complexity index is 1240. The molecule has 0 bridgehead atoms. The fraction of sp³-hybridized carbons (Fsp3) is 0.440. The summed E-state index contributed by atoms with van der Waals surface area (Å²) in [5, 5.41) is 5.77. The molecule has 2 aliphatic rings. The van der Waals surface area contributed by atoms with E-state index < -0.39 is 22.0 Å². The van der Waals surface area contributed by atoms with Gasteiger partial charge in [-0.3, -0.25) is 9.59 Å². The quantitative estimate of drug-likeness (QED) is 0.671. The van der Waals surface area contributed by atoms with Crippen molar-refractivity contribution >= 4 is 33.2 Å². The minimum absolute atomic E-state index is 0.116. The standard InChI is InChI=1S/C25H31N3O5S/c1-5-21-25(30)27-20-12-17(4)23(13-22(20)33-21)34(31,32)28-10-6-7-18(14-28)24(29)26-19-11-15(2)8-9-16(19)3/h8-9,11-13,18,21H,5-7,10,14H2,1-4H3,(H,26,29)(H,27,30). The summed E-state index contributed by atoms with van der Waals surface area (Å²) in [7, 11) is -3.86. The zero-order chi connectivity index (χ0) is 24.6. The molecule has 2 aliphatic heterocycles. The highest BCUT2D eigenvalue weighted by Crippen LogP contribution is 2.36. The van der Waals surface area contributed by atoms with Crippen molar-refractivity contribution < 1.29 is 22.7 Å². The van der Waals surface area contributed by atoms with Crippen molar-refractivity contribution in [2.45, 2.75) is 58.0 Å². The van der Waals surface area contributed by atoms with Gasteiger partial charge in [0.2, 0.25) is 15.9 Å². The summed E-state index contributed by atoms with van der Waals surface area (Å²) >= 11 is 0. The molecule has 182 valence electrons. The van der Waals surface area contributed by atoms with E-state index in [2.05, 4.69) is 10.6 Å². The molecule has 0 spiro atoms. The Labute approximate surface area is 200 Å². The van der Waals surface area contributed by atoms with Crippen LogP contribution in [0.15, 0.2) is 35.2 Å². The molecular formula is C25H31N3O5S. The molecule has 0 saturated carbocycles. The van der Waals surface area contributed by atoms with Crippen LogP contribution in [0.1, 0.15) is 42.9 Å². The normalized spacial score (nSPS) is 20.8. The predicted octanol–water partition coefficient (Wildman–Crippen LogP) is 3.76. The van der Waals surface area contributed by atoms with E-state index in [1.165, 1.54) is 10.4 Å². The smallest absolute Gasteiger partial charge is 0.265 e. The minimum atomic E-state index is -3.86. The van der Waals surface area contributed by atoms with E-state index in [4.69, 9.17) is 4.74 Å². The topological polar surface area (TPSA) is 105 Å². The number of fused-ring (bicyclic) bond motifs is 1. The first-order valence-electron chi connectivity index (χ1n) is 11.6. The van der Waals surface area contributed by atoms with Crippen LogP contribution in [0.25, 0.3) is 0 Å². The van der Waals surface area contributed by atoms with Crippen molar-refractivity contribution in [3.05, 3.63) is 47.0 Å². The van der Waals surface area contributed by atoms with Gasteiger partial charge in [-0.15, -0.1) is 0 Å². The minimum Gasteiger partial charge on any atom is -0.478 e. The lowest BCUT2D eigenvalue weighted by Gasteiger charge is -2.32. The van der Waals surface area contributed by atoms with E-state index in [1.807, 2.05) is 39.0 Å². The monoisotopic (exact) mass is 485 g/mol. The number of aryl methyl sites for hydroxylation is 3. The lowest BCUT2D eigenvalue weighted by molar-refractivity contribution is -0.123. The van der Waals surface area contributed by atoms with Crippen LogP contribution in [-0.4, -0.2) is 43.7 Å². The molecule has 0 aromatic heterocycles. The average molecular weight is 486 g/mol. The number of anilines is 2. The van der Waals surface area contributed by atoms with E-state index in [1.54, 1.807) is 13.0 Å². The second-order valence-electron chi connectivity index (χ2n) is 9.13. The molecular weight excluding hydrogens is 454 g/mol. The molecule has 2 aromatic carbocycles. The maximum atomic E-state index is 13.6. The number of nitrogens with zero attached hydrogens (tertiary/aromatic N) is 1. The van der Waals surface area contributed by atoms with Crippen molar-refractivity contribution in [1.29, 1.82) is 0 Å². The molecule has 2 unspecified atom stereocenters. The first-order valence-corrected chi connectivity index (χ1v) is 13.0. The molecule has 1 saturated heterocycles. The van der Waals surface area contributed by atoms with Gasteiger partial charge in [-0.2, -0.15) is 4.31 Å². The number of ether oxygens (including phenoxy) is 1. The van der Waals surface area contributed by atoms with E-state index in [0.29, 0.717) is 42.8 Å². The maximum Gasteiger partial charge on any atom is 0.265 e. The van der Waals surface area contributed by atoms with Gasteiger partial charge in [0.1, 0.15) is 5.75 Å². The molecule has 4 rings (SSSR count). The Kier molecular flexibility index (Phi) is 6.69. The summed E-state index contributed by atoms with van der Waals surface area (Å²) < 4.78 is 34.3. The Balaban J connectivity index is 1.55. The highest BCUT2D eigenvalue weighted by molar-refractivity contribution is 7.89. The Morgan fingerprint density at radius 1 is 1.18 bits per heavy atom. The summed E-state index contributed by atoms with van der Waals surface area (Å²) in [5.74, 6) is -0.510. The van der Waals surface area contributed by atoms with Gasteiger partial charge in [-0.05, 0) is 68.9 Å². The number of benzene rings is 2. The van der Waals surface area contributed by atoms with Crippen molar-refractivity contribution in [2.24, 2.45) is 5.92 Å². The largest absolute Gasteiger partial charge is 0.478 e. The number of piperidine rings is 1. The zero-order valence-corrected chi connectivity index (χ0v) is 20.8. The lowest BCUT2D eigenvalue weighted by atomic mass is 9.98. The Morgan fingerprint density at radius 2 is 1.94 bits per heavy atom. The van der Waals surface area contributed by atoms with Crippen LogP contribution >= 0.6 is 0 Å². The summed E-state index contributed by atoms with van der Waals surface area (Å²) in [6, 6.07) is 8.97. The number of hydrogen-bond donors (Lipinski definition) is 2. The number of nitrogens with one attached hydrogen (secondary N) is 2. The lowest BCUT2D eigenvalue weighted by Crippen LogP contribution is -2.44. The highest BCUT2D eigenvalue weighted by Gasteiger charge is 2.36. The third-order valence-electron chi connectivity index (χ3n) is 6.49. The molecule has 2 aromatic rings. The Morgan fingerprint density at radius 3 is 2.68 bits per heavy atom. The van der Waals surface area contributed by atoms with E-state index in [0.717, 1.165) is 16.8 Å². The third-order valence-corrected chi connectivity index (χ3v) is 8.50. The van der Waals surface area contributed by atoms with Gasteiger partial charge in [0.15, 0.2) is 6.10 Å². The van der Waals surface area contributed by atoms with Crippen LogP contribution in [0, 0.1) is 26.7 Å². The number of hydrogen-bond acceptors (Lipinski definition) is 5. The second-order valence-corrected chi connectivity index (χ2v) is 11.0. The first-order chi connectivity index (χ1) is 16.1. The van der Waals surface area contributed by atoms with Crippen LogP contribution in [0.4, 0.5) is 11.4 Å². The predicted molar refractivity (Wildman–Crippen MR) is 131 cm³/mol. The fourth-order valence-corrected chi connectivity index (χ4v) is 6.20. The van der Waals surface area contributed by atoms with Gasteiger partial charge >= 0.3 is 0 Å². The first kappa shape index (κ1) is 24.2. The van der Waals surface area contributed by atoms with Gasteiger partial charge in [-0.1, -0.05) is 19.1 Å². The summed E-state index contributed by atoms with van der Waals surface area (Å²) in [6.07, 6.45) is 1.04. The molecule has 2 N–H and O–H groups in total. The van der Waals surface area contributed by atoms with Crippen molar-refractivity contribution in [3.8, 4) is 5.75 Å². The molecule has 1 fully saturated rings. The van der Waals surface area contributed by atoms with Gasteiger partial charge in [-0.25, -0.2) is 8.42 Å². The van der Waals surface area contributed by atoms with Gasteiger partial charge in [0.05, 0.1) is 16.5 Å². The number of carbonyl (C=O) groups excluding carboxylic acids is 2. The molecule has 2 amide bonds. The number of amides is 2. The van der Waals surface area contributed by atoms with Crippen LogP contribution in [0.3, 0.4) is 0 Å². The van der Waals surface area contributed by atoms with Gasteiger partial charge < -0.3 is 15.4 Å². The maximum absolute atomic E-state index is 13.6.